The SMILES string of the molecule is Cc1ccc(NCC(O)c2ccccc2F)cc1Cl. The number of aliphatic hydroxyl groups is 1. The van der Waals surface area contributed by atoms with Crippen molar-refractivity contribution < 1.29 is 9.50 Å². The van der Waals surface area contributed by atoms with Crippen LogP contribution in [0.3, 0.4) is 0 Å². The zero-order valence-electron chi connectivity index (χ0n) is 10.5. The van der Waals surface area contributed by atoms with E-state index in [1.807, 2.05) is 19.1 Å². The lowest BCUT2D eigenvalue weighted by molar-refractivity contribution is 0.186. The van der Waals surface area contributed by atoms with Crippen molar-refractivity contribution in [2.24, 2.45) is 0 Å². The highest BCUT2D eigenvalue weighted by molar-refractivity contribution is 6.31. The Morgan fingerprint density at radius 2 is 2.00 bits per heavy atom. The Kier molecular flexibility index (Phi) is 4.40. The summed E-state index contributed by atoms with van der Waals surface area (Å²) in [6.45, 7) is 2.14. The van der Waals surface area contributed by atoms with Crippen molar-refractivity contribution in [3.05, 3.63) is 64.4 Å². The predicted octanol–water partition coefficient (Wildman–Crippen LogP) is 3.93. The van der Waals surface area contributed by atoms with Crippen molar-refractivity contribution in [1.29, 1.82) is 0 Å². The average Bonchev–Trinajstić information content (AvgIpc) is 2.40. The second-order valence-corrected chi connectivity index (χ2v) is 4.79. The van der Waals surface area contributed by atoms with Crippen LogP contribution < -0.4 is 5.32 Å². The molecular formula is C15H15ClFNO. The maximum Gasteiger partial charge on any atom is 0.129 e. The van der Waals surface area contributed by atoms with E-state index in [4.69, 9.17) is 11.6 Å². The number of hydrogen-bond donors (Lipinski definition) is 2. The minimum atomic E-state index is -0.902. The molecule has 0 heterocycles. The molecule has 4 heteroatoms. The third-order valence-electron chi connectivity index (χ3n) is 2.94. The molecule has 0 saturated carbocycles. The van der Waals surface area contributed by atoms with Crippen molar-refractivity contribution in [1.82, 2.24) is 0 Å². The van der Waals surface area contributed by atoms with Gasteiger partial charge in [0.1, 0.15) is 5.82 Å². The number of hydrogen-bond acceptors (Lipinski definition) is 2. The molecule has 100 valence electrons. The van der Waals surface area contributed by atoms with Gasteiger partial charge < -0.3 is 10.4 Å². The van der Waals surface area contributed by atoms with Gasteiger partial charge in [0.15, 0.2) is 0 Å². The topological polar surface area (TPSA) is 32.3 Å². The third kappa shape index (κ3) is 3.46. The standard InChI is InChI=1S/C15H15ClFNO/c1-10-6-7-11(8-13(10)16)18-9-15(19)12-4-2-3-5-14(12)17/h2-8,15,18-19H,9H2,1H3. The molecule has 0 fully saturated rings. The number of aliphatic hydroxyl groups excluding tert-OH is 1. The molecule has 2 nitrogen and oxygen atoms in total. The Morgan fingerprint density at radius 3 is 2.68 bits per heavy atom. The van der Waals surface area contributed by atoms with E-state index in [1.54, 1.807) is 24.3 Å². The molecule has 0 aromatic heterocycles. The van der Waals surface area contributed by atoms with Crippen LogP contribution in [-0.4, -0.2) is 11.7 Å². The fourth-order valence-corrected chi connectivity index (χ4v) is 1.95. The molecule has 1 atom stereocenters. The molecule has 0 saturated heterocycles. The Bertz CT molecular complexity index is 574. The van der Waals surface area contributed by atoms with Crippen molar-refractivity contribution in [3.8, 4) is 0 Å². The van der Waals surface area contributed by atoms with E-state index in [1.165, 1.54) is 6.07 Å². The summed E-state index contributed by atoms with van der Waals surface area (Å²) in [5.74, 6) is -0.404. The summed E-state index contributed by atoms with van der Waals surface area (Å²) in [6, 6.07) is 11.7. The summed E-state index contributed by atoms with van der Waals surface area (Å²) in [5.41, 5.74) is 2.07. The van der Waals surface area contributed by atoms with Crippen molar-refractivity contribution >= 4 is 17.3 Å². The number of nitrogens with one attached hydrogen (secondary N) is 1. The third-order valence-corrected chi connectivity index (χ3v) is 3.34. The van der Waals surface area contributed by atoms with Crippen LogP contribution >= 0.6 is 11.6 Å². The van der Waals surface area contributed by atoms with Crippen LogP contribution in [-0.2, 0) is 0 Å². The van der Waals surface area contributed by atoms with E-state index in [0.29, 0.717) is 5.02 Å². The van der Waals surface area contributed by atoms with Crippen LogP contribution in [0.5, 0.6) is 0 Å². The molecule has 0 amide bonds. The van der Waals surface area contributed by atoms with Gasteiger partial charge >= 0.3 is 0 Å². The van der Waals surface area contributed by atoms with E-state index >= 15 is 0 Å². The lowest BCUT2D eigenvalue weighted by atomic mass is 10.1. The molecule has 0 aliphatic carbocycles. The van der Waals surface area contributed by atoms with Crippen LogP contribution in [0.2, 0.25) is 5.02 Å². The minimum Gasteiger partial charge on any atom is -0.386 e. The molecule has 0 aliphatic rings. The van der Waals surface area contributed by atoms with Crippen molar-refractivity contribution in [2.75, 3.05) is 11.9 Å². The summed E-state index contributed by atoms with van der Waals surface area (Å²) in [4.78, 5) is 0. The number of rotatable bonds is 4. The normalized spacial score (nSPS) is 12.2. The fourth-order valence-electron chi connectivity index (χ4n) is 1.77. The average molecular weight is 280 g/mol. The highest BCUT2D eigenvalue weighted by Gasteiger charge is 2.11. The second-order valence-electron chi connectivity index (χ2n) is 4.38. The van der Waals surface area contributed by atoms with E-state index in [9.17, 15) is 9.50 Å². The van der Waals surface area contributed by atoms with E-state index < -0.39 is 11.9 Å². The van der Waals surface area contributed by atoms with Crippen molar-refractivity contribution in [2.45, 2.75) is 13.0 Å². The van der Waals surface area contributed by atoms with Gasteiger partial charge in [-0.25, -0.2) is 4.39 Å². The number of benzene rings is 2. The Labute approximate surface area is 116 Å². The molecule has 2 aromatic carbocycles. The Balaban J connectivity index is 2.02. The Hall–Kier alpha value is -1.58. The first kappa shape index (κ1) is 13.8. The molecular weight excluding hydrogens is 265 g/mol. The highest BCUT2D eigenvalue weighted by Crippen LogP contribution is 2.21. The zero-order valence-corrected chi connectivity index (χ0v) is 11.3. The smallest absolute Gasteiger partial charge is 0.129 e. The molecule has 2 aromatic rings. The number of halogens is 2. The van der Waals surface area contributed by atoms with Crippen LogP contribution in [0.1, 0.15) is 17.2 Å². The van der Waals surface area contributed by atoms with Crippen LogP contribution in [0, 0.1) is 12.7 Å². The summed E-state index contributed by atoms with van der Waals surface area (Å²) >= 11 is 6.01. The molecule has 2 N–H and O–H groups in total. The maximum atomic E-state index is 13.5. The van der Waals surface area contributed by atoms with Crippen molar-refractivity contribution in [3.63, 3.8) is 0 Å². The van der Waals surface area contributed by atoms with Gasteiger partial charge in [-0.2, -0.15) is 0 Å². The first-order chi connectivity index (χ1) is 9.08. The number of aryl methyl sites for hydroxylation is 1. The molecule has 2 rings (SSSR count). The highest BCUT2D eigenvalue weighted by atomic mass is 35.5. The van der Waals surface area contributed by atoms with Gasteiger partial charge in [0.05, 0.1) is 6.10 Å². The van der Waals surface area contributed by atoms with Gasteiger partial charge in [0.2, 0.25) is 0 Å². The Morgan fingerprint density at radius 1 is 1.26 bits per heavy atom. The molecule has 1 unspecified atom stereocenters. The maximum absolute atomic E-state index is 13.5. The summed E-state index contributed by atoms with van der Waals surface area (Å²) in [7, 11) is 0. The second kappa shape index (κ2) is 6.04. The van der Waals surface area contributed by atoms with E-state index in [0.717, 1.165) is 11.3 Å². The van der Waals surface area contributed by atoms with Gasteiger partial charge in [-0.15, -0.1) is 0 Å². The molecule has 0 spiro atoms. The molecule has 0 radical (unpaired) electrons. The van der Waals surface area contributed by atoms with Gasteiger partial charge in [0, 0.05) is 22.8 Å². The van der Waals surface area contributed by atoms with Gasteiger partial charge in [-0.3, -0.25) is 0 Å². The largest absolute Gasteiger partial charge is 0.386 e. The lowest BCUT2D eigenvalue weighted by Gasteiger charge is -2.14. The number of anilines is 1. The minimum absolute atomic E-state index is 0.223. The lowest BCUT2D eigenvalue weighted by Crippen LogP contribution is -2.13. The first-order valence-corrected chi connectivity index (χ1v) is 6.38. The van der Waals surface area contributed by atoms with E-state index in [-0.39, 0.29) is 12.1 Å². The van der Waals surface area contributed by atoms with E-state index in [2.05, 4.69) is 5.32 Å². The first-order valence-electron chi connectivity index (χ1n) is 6.00. The van der Waals surface area contributed by atoms with Gasteiger partial charge in [0.25, 0.3) is 0 Å². The monoisotopic (exact) mass is 279 g/mol. The molecule has 0 bridgehead atoms. The quantitative estimate of drug-likeness (QED) is 0.889. The summed E-state index contributed by atoms with van der Waals surface area (Å²) in [6.07, 6.45) is -0.902. The van der Waals surface area contributed by atoms with Gasteiger partial charge in [-0.1, -0.05) is 35.9 Å². The molecule has 0 aliphatic heterocycles. The van der Waals surface area contributed by atoms with Crippen LogP contribution in [0.4, 0.5) is 10.1 Å². The van der Waals surface area contributed by atoms with Gasteiger partial charge in [-0.05, 0) is 30.7 Å². The summed E-state index contributed by atoms with van der Waals surface area (Å²) in [5, 5.41) is 13.6. The zero-order chi connectivity index (χ0) is 13.8. The van der Waals surface area contributed by atoms with Crippen LogP contribution in [0.25, 0.3) is 0 Å². The predicted molar refractivity (Wildman–Crippen MR) is 76.0 cm³/mol. The summed E-state index contributed by atoms with van der Waals surface area (Å²) < 4.78 is 13.5. The molecule has 19 heavy (non-hydrogen) atoms. The van der Waals surface area contributed by atoms with Crippen LogP contribution in [0.15, 0.2) is 42.5 Å². The fraction of sp³-hybridized carbons (Fsp3) is 0.200.